The summed E-state index contributed by atoms with van der Waals surface area (Å²) in [4.78, 5) is 12.7. The van der Waals surface area contributed by atoms with Gasteiger partial charge in [0, 0.05) is 0 Å². The second kappa shape index (κ2) is 8.11. The summed E-state index contributed by atoms with van der Waals surface area (Å²) in [6.07, 6.45) is 0.637. The fourth-order valence-corrected chi connectivity index (χ4v) is 2.70. The van der Waals surface area contributed by atoms with Crippen LogP contribution in [0.3, 0.4) is 0 Å². The van der Waals surface area contributed by atoms with E-state index in [1.807, 2.05) is 91.0 Å². The van der Waals surface area contributed by atoms with Crippen molar-refractivity contribution in [2.45, 2.75) is 18.9 Å². The molecular weight excluding hydrogens is 296 g/mol. The highest BCUT2D eigenvalue weighted by Crippen LogP contribution is 2.23. The predicted molar refractivity (Wildman–Crippen MR) is 95.6 cm³/mol. The first kappa shape index (κ1) is 16.0. The molecule has 0 aliphatic carbocycles. The van der Waals surface area contributed by atoms with Crippen molar-refractivity contribution in [3.63, 3.8) is 0 Å². The van der Waals surface area contributed by atoms with Gasteiger partial charge in [0.05, 0.1) is 5.92 Å². The summed E-state index contributed by atoms with van der Waals surface area (Å²) in [6, 6.07) is 29.7. The van der Waals surface area contributed by atoms with Crippen molar-refractivity contribution in [3.8, 4) is 0 Å². The van der Waals surface area contributed by atoms with E-state index < -0.39 is 0 Å². The van der Waals surface area contributed by atoms with Crippen LogP contribution >= 0.6 is 0 Å². The predicted octanol–water partition coefficient (Wildman–Crippen LogP) is 4.76. The summed E-state index contributed by atoms with van der Waals surface area (Å²) in [7, 11) is 0. The maximum atomic E-state index is 12.7. The van der Waals surface area contributed by atoms with E-state index in [4.69, 9.17) is 4.74 Å². The molecule has 24 heavy (non-hydrogen) atoms. The van der Waals surface area contributed by atoms with E-state index in [-0.39, 0.29) is 11.9 Å². The highest BCUT2D eigenvalue weighted by Gasteiger charge is 2.22. The van der Waals surface area contributed by atoms with Gasteiger partial charge >= 0.3 is 5.97 Å². The molecule has 0 saturated carbocycles. The molecule has 3 aromatic rings. The Kier molecular flexibility index (Phi) is 5.41. The van der Waals surface area contributed by atoms with Gasteiger partial charge in [-0.3, -0.25) is 4.79 Å². The van der Waals surface area contributed by atoms with E-state index >= 15 is 0 Å². The van der Waals surface area contributed by atoms with Crippen LogP contribution in [-0.4, -0.2) is 5.97 Å². The SMILES string of the molecule is O=C(OCc1ccccc1)C(Cc1ccccc1)c1ccccc1. The minimum absolute atomic E-state index is 0.186. The number of ether oxygens (including phenoxy) is 1. The molecule has 0 aliphatic rings. The van der Waals surface area contributed by atoms with Gasteiger partial charge in [-0.25, -0.2) is 0 Å². The highest BCUT2D eigenvalue weighted by atomic mass is 16.5. The molecule has 0 fully saturated rings. The molecule has 3 rings (SSSR count). The number of hydrogen-bond donors (Lipinski definition) is 0. The van der Waals surface area contributed by atoms with Crippen LogP contribution in [0.4, 0.5) is 0 Å². The molecule has 2 heteroatoms. The molecule has 3 aromatic carbocycles. The van der Waals surface area contributed by atoms with Crippen LogP contribution < -0.4 is 0 Å². The van der Waals surface area contributed by atoms with Gasteiger partial charge in [-0.05, 0) is 23.1 Å². The third-order valence-electron chi connectivity index (χ3n) is 3.99. The Morgan fingerprint density at radius 1 is 0.708 bits per heavy atom. The summed E-state index contributed by atoms with van der Waals surface area (Å²) in [6.45, 7) is 0.303. The lowest BCUT2D eigenvalue weighted by Crippen LogP contribution is -2.18. The van der Waals surface area contributed by atoms with Crippen LogP contribution in [0.1, 0.15) is 22.6 Å². The van der Waals surface area contributed by atoms with Gasteiger partial charge in [0.25, 0.3) is 0 Å². The Morgan fingerprint density at radius 3 is 1.79 bits per heavy atom. The van der Waals surface area contributed by atoms with Gasteiger partial charge in [0.1, 0.15) is 6.61 Å². The summed E-state index contributed by atoms with van der Waals surface area (Å²) in [5.74, 6) is -0.480. The Balaban J connectivity index is 1.75. The Morgan fingerprint density at radius 2 is 1.21 bits per heavy atom. The Labute approximate surface area is 142 Å². The Bertz CT molecular complexity index is 752. The molecular formula is C22H20O2. The van der Waals surface area contributed by atoms with E-state index in [1.165, 1.54) is 0 Å². The largest absolute Gasteiger partial charge is 0.460 e. The van der Waals surface area contributed by atoms with E-state index in [2.05, 4.69) is 0 Å². The summed E-state index contributed by atoms with van der Waals surface area (Å²) >= 11 is 0. The second-order valence-electron chi connectivity index (χ2n) is 5.75. The van der Waals surface area contributed by atoms with Crippen molar-refractivity contribution in [1.29, 1.82) is 0 Å². The van der Waals surface area contributed by atoms with Crippen LogP contribution in [0.2, 0.25) is 0 Å². The zero-order valence-electron chi connectivity index (χ0n) is 13.5. The van der Waals surface area contributed by atoms with Crippen molar-refractivity contribution in [2.75, 3.05) is 0 Å². The van der Waals surface area contributed by atoms with E-state index in [9.17, 15) is 4.79 Å². The zero-order chi connectivity index (χ0) is 16.6. The van der Waals surface area contributed by atoms with Gasteiger partial charge in [0.2, 0.25) is 0 Å². The first-order valence-electron chi connectivity index (χ1n) is 8.12. The fraction of sp³-hybridized carbons (Fsp3) is 0.136. The van der Waals surface area contributed by atoms with Gasteiger partial charge in [0.15, 0.2) is 0 Å². The average Bonchev–Trinajstić information content (AvgIpc) is 2.66. The molecule has 120 valence electrons. The fourth-order valence-electron chi connectivity index (χ4n) is 2.70. The van der Waals surface area contributed by atoms with Crippen molar-refractivity contribution in [1.82, 2.24) is 0 Å². The quantitative estimate of drug-likeness (QED) is 0.613. The number of esters is 1. The number of carbonyl (C=O) groups excluding carboxylic acids is 1. The van der Waals surface area contributed by atoms with Crippen LogP contribution in [0.25, 0.3) is 0 Å². The molecule has 0 N–H and O–H groups in total. The van der Waals surface area contributed by atoms with E-state index in [0.29, 0.717) is 13.0 Å². The maximum absolute atomic E-state index is 12.7. The smallest absolute Gasteiger partial charge is 0.314 e. The standard InChI is InChI=1S/C22H20O2/c23-22(24-17-19-12-6-2-7-13-19)21(20-14-8-3-9-15-20)16-18-10-4-1-5-11-18/h1-15,21H,16-17H2. The molecule has 0 bridgehead atoms. The first-order chi connectivity index (χ1) is 11.8. The third-order valence-corrected chi connectivity index (χ3v) is 3.99. The molecule has 0 amide bonds. The molecule has 0 spiro atoms. The van der Waals surface area contributed by atoms with Gasteiger partial charge in [-0.15, -0.1) is 0 Å². The molecule has 2 nitrogen and oxygen atoms in total. The molecule has 1 atom stereocenters. The van der Waals surface area contributed by atoms with Crippen molar-refractivity contribution in [2.24, 2.45) is 0 Å². The lowest BCUT2D eigenvalue weighted by molar-refractivity contribution is -0.146. The van der Waals surface area contributed by atoms with Crippen molar-refractivity contribution in [3.05, 3.63) is 108 Å². The molecule has 0 heterocycles. The first-order valence-corrected chi connectivity index (χ1v) is 8.12. The minimum atomic E-state index is -0.294. The lowest BCUT2D eigenvalue weighted by atomic mass is 9.92. The summed E-state index contributed by atoms with van der Waals surface area (Å²) < 4.78 is 5.58. The van der Waals surface area contributed by atoms with Crippen LogP contribution in [-0.2, 0) is 22.6 Å². The number of hydrogen-bond acceptors (Lipinski definition) is 2. The topological polar surface area (TPSA) is 26.3 Å². The van der Waals surface area contributed by atoms with Crippen LogP contribution in [0, 0.1) is 0 Å². The van der Waals surface area contributed by atoms with Crippen molar-refractivity contribution < 1.29 is 9.53 Å². The maximum Gasteiger partial charge on any atom is 0.314 e. The lowest BCUT2D eigenvalue weighted by Gasteiger charge is -2.17. The highest BCUT2D eigenvalue weighted by molar-refractivity contribution is 5.78. The van der Waals surface area contributed by atoms with E-state index in [1.54, 1.807) is 0 Å². The van der Waals surface area contributed by atoms with Gasteiger partial charge < -0.3 is 4.74 Å². The minimum Gasteiger partial charge on any atom is -0.460 e. The third kappa shape index (κ3) is 4.32. The summed E-state index contributed by atoms with van der Waals surface area (Å²) in [5.41, 5.74) is 3.11. The zero-order valence-corrected chi connectivity index (χ0v) is 13.5. The number of carbonyl (C=O) groups is 1. The van der Waals surface area contributed by atoms with Crippen molar-refractivity contribution >= 4 is 5.97 Å². The molecule has 0 aromatic heterocycles. The van der Waals surface area contributed by atoms with E-state index in [0.717, 1.165) is 16.7 Å². The molecule has 0 saturated heterocycles. The van der Waals surface area contributed by atoms with Crippen LogP contribution in [0.5, 0.6) is 0 Å². The molecule has 0 aliphatic heterocycles. The Hall–Kier alpha value is -2.87. The number of rotatable bonds is 6. The van der Waals surface area contributed by atoms with Crippen LogP contribution in [0.15, 0.2) is 91.0 Å². The normalized spacial score (nSPS) is 11.7. The second-order valence-corrected chi connectivity index (χ2v) is 5.75. The number of benzene rings is 3. The molecule has 0 radical (unpaired) electrons. The van der Waals surface area contributed by atoms with Gasteiger partial charge in [-0.2, -0.15) is 0 Å². The molecule has 1 unspecified atom stereocenters. The average molecular weight is 316 g/mol. The van der Waals surface area contributed by atoms with Gasteiger partial charge in [-0.1, -0.05) is 91.0 Å². The summed E-state index contributed by atoms with van der Waals surface area (Å²) in [5, 5.41) is 0. The monoisotopic (exact) mass is 316 g/mol.